The standard InChI is InChI=1S/C15H14F3N7O2/c1-7-4-5-19-11(20-7)12-22-14(27-24-12)8(2)21-13(26)9-6-10(15(16,17)18)23-25(9)3/h4-6,8H,1-3H3,(H,21,26)/t8-/m0/s1. The fourth-order valence-corrected chi connectivity index (χ4v) is 2.21. The first-order valence-corrected chi connectivity index (χ1v) is 7.71. The first-order chi connectivity index (χ1) is 12.6. The number of halogens is 3. The second-order valence-corrected chi connectivity index (χ2v) is 5.71. The second-order valence-electron chi connectivity index (χ2n) is 5.71. The van der Waals surface area contributed by atoms with Gasteiger partial charge in [0.1, 0.15) is 11.7 Å². The van der Waals surface area contributed by atoms with E-state index in [2.05, 4.69) is 30.5 Å². The molecule has 0 spiro atoms. The molecule has 0 unspecified atom stereocenters. The van der Waals surface area contributed by atoms with E-state index in [0.717, 1.165) is 4.68 Å². The van der Waals surface area contributed by atoms with Crippen LogP contribution in [0.3, 0.4) is 0 Å². The van der Waals surface area contributed by atoms with Crippen LogP contribution >= 0.6 is 0 Å². The molecule has 3 aromatic heterocycles. The summed E-state index contributed by atoms with van der Waals surface area (Å²) in [7, 11) is 1.24. The highest BCUT2D eigenvalue weighted by atomic mass is 19.4. The normalized spacial score (nSPS) is 12.8. The lowest BCUT2D eigenvalue weighted by Gasteiger charge is -2.09. The van der Waals surface area contributed by atoms with Crippen molar-refractivity contribution in [1.82, 2.24) is 35.2 Å². The van der Waals surface area contributed by atoms with Gasteiger partial charge in [0, 0.05) is 25.0 Å². The highest BCUT2D eigenvalue weighted by Crippen LogP contribution is 2.28. The molecule has 0 aliphatic rings. The lowest BCUT2D eigenvalue weighted by Crippen LogP contribution is -2.28. The molecule has 3 rings (SSSR count). The van der Waals surface area contributed by atoms with Gasteiger partial charge in [0.15, 0.2) is 5.69 Å². The Balaban J connectivity index is 1.75. The van der Waals surface area contributed by atoms with Crippen LogP contribution in [0.4, 0.5) is 13.2 Å². The number of hydrogen-bond donors (Lipinski definition) is 1. The van der Waals surface area contributed by atoms with Crippen molar-refractivity contribution >= 4 is 5.91 Å². The number of amides is 1. The van der Waals surface area contributed by atoms with Crippen molar-refractivity contribution < 1.29 is 22.5 Å². The van der Waals surface area contributed by atoms with E-state index in [1.165, 1.54) is 7.05 Å². The van der Waals surface area contributed by atoms with Crippen LogP contribution in [0.2, 0.25) is 0 Å². The zero-order valence-corrected chi connectivity index (χ0v) is 14.4. The molecule has 3 heterocycles. The molecule has 3 aromatic rings. The first kappa shape index (κ1) is 18.5. The number of aryl methyl sites for hydroxylation is 2. The molecular formula is C15H14F3N7O2. The van der Waals surface area contributed by atoms with Crippen LogP contribution in [-0.2, 0) is 13.2 Å². The Labute approximate surface area is 150 Å². The highest BCUT2D eigenvalue weighted by Gasteiger charge is 2.35. The minimum absolute atomic E-state index is 0.0571. The molecule has 142 valence electrons. The maximum absolute atomic E-state index is 12.7. The molecule has 0 aliphatic heterocycles. The molecule has 12 heteroatoms. The molecule has 0 saturated carbocycles. The van der Waals surface area contributed by atoms with Crippen molar-refractivity contribution in [2.45, 2.75) is 26.1 Å². The third kappa shape index (κ3) is 3.93. The molecule has 0 fully saturated rings. The summed E-state index contributed by atoms with van der Waals surface area (Å²) in [6.45, 7) is 3.32. The van der Waals surface area contributed by atoms with Gasteiger partial charge < -0.3 is 9.84 Å². The molecular weight excluding hydrogens is 367 g/mol. The van der Waals surface area contributed by atoms with E-state index >= 15 is 0 Å². The van der Waals surface area contributed by atoms with Crippen LogP contribution < -0.4 is 5.32 Å². The third-order valence-corrected chi connectivity index (χ3v) is 3.56. The Morgan fingerprint density at radius 1 is 1.30 bits per heavy atom. The summed E-state index contributed by atoms with van der Waals surface area (Å²) in [5, 5.41) is 9.54. The number of nitrogens with zero attached hydrogens (tertiary/aromatic N) is 6. The lowest BCUT2D eigenvalue weighted by atomic mass is 10.3. The Morgan fingerprint density at radius 3 is 2.67 bits per heavy atom. The number of aromatic nitrogens is 6. The summed E-state index contributed by atoms with van der Waals surface area (Å²) in [5.74, 6) is -0.319. The molecule has 27 heavy (non-hydrogen) atoms. The largest absolute Gasteiger partial charge is 0.435 e. The van der Waals surface area contributed by atoms with Gasteiger partial charge in [-0.25, -0.2) is 9.97 Å². The van der Waals surface area contributed by atoms with Crippen LogP contribution in [-0.4, -0.2) is 35.8 Å². The van der Waals surface area contributed by atoms with E-state index in [-0.39, 0.29) is 23.2 Å². The summed E-state index contributed by atoms with van der Waals surface area (Å²) in [5.41, 5.74) is -0.695. The van der Waals surface area contributed by atoms with Gasteiger partial charge in [0.2, 0.25) is 17.5 Å². The molecule has 9 nitrogen and oxygen atoms in total. The number of nitrogens with one attached hydrogen (secondary N) is 1. The van der Waals surface area contributed by atoms with E-state index in [1.54, 1.807) is 26.1 Å². The third-order valence-electron chi connectivity index (χ3n) is 3.56. The Bertz CT molecular complexity index is 980. The minimum atomic E-state index is -4.64. The summed E-state index contributed by atoms with van der Waals surface area (Å²) < 4.78 is 44.1. The summed E-state index contributed by atoms with van der Waals surface area (Å²) in [6, 6.07) is 1.62. The van der Waals surface area contributed by atoms with E-state index in [4.69, 9.17) is 4.52 Å². The summed E-state index contributed by atoms with van der Waals surface area (Å²) in [4.78, 5) is 24.6. The van der Waals surface area contributed by atoms with Gasteiger partial charge in [-0.05, 0) is 19.9 Å². The van der Waals surface area contributed by atoms with Crippen molar-refractivity contribution in [1.29, 1.82) is 0 Å². The molecule has 0 aliphatic carbocycles. The van der Waals surface area contributed by atoms with Crippen LogP contribution in [0, 0.1) is 6.92 Å². The average molecular weight is 381 g/mol. The van der Waals surface area contributed by atoms with Gasteiger partial charge in [0.25, 0.3) is 5.91 Å². The highest BCUT2D eigenvalue weighted by molar-refractivity contribution is 5.92. The molecule has 1 N–H and O–H groups in total. The van der Waals surface area contributed by atoms with Crippen LogP contribution in [0.1, 0.15) is 40.7 Å². The molecule has 0 aromatic carbocycles. The monoisotopic (exact) mass is 381 g/mol. The zero-order chi connectivity index (χ0) is 19.8. The fourth-order valence-electron chi connectivity index (χ4n) is 2.21. The van der Waals surface area contributed by atoms with Crippen molar-refractivity contribution in [2.24, 2.45) is 7.05 Å². The molecule has 0 radical (unpaired) electrons. The molecule has 1 amide bonds. The minimum Gasteiger partial charge on any atom is -0.339 e. The predicted molar refractivity (Wildman–Crippen MR) is 84.2 cm³/mol. The van der Waals surface area contributed by atoms with E-state index in [9.17, 15) is 18.0 Å². The Kier molecular flexibility index (Phi) is 4.64. The van der Waals surface area contributed by atoms with Gasteiger partial charge in [-0.15, -0.1) is 0 Å². The van der Waals surface area contributed by atoms with Crippen LogP contribution in [0.25, 0.3) is 11.6 Å². The maximum Gasteiger partial charge on any atom is 0.435 e. The van der Waals surface area contributed by atoms with Crippen LogP contribution in [0.15, 0.2) is 22.9 Å². The average Bonchev–Trinajstić information content (AvgIpc) is 3.21. The molecule has 0 bridgehead atoms. The number of alkyl halides is 3. The van der Waals surface area contributed by atoms with E-state index < -0.39 is 23.8 Å². The summed E-state index contributed by atoms with van der Waals surface area (Å²) in [6.07, 6.45) is -3.10. The summed E-state index contributed by atoms with van der Waals surface area (Å²) >= 11 is 0. The first-order valence-electron chi connectivity index (χ1n) is 7.71. The SMILES string of the molecule is Cc1ccnc(-c2noc([C@H](C)NC(=O)c3cc(C(F)(F)F)nn3C)n2)n1. The van der Waals surface area contributed by atoms with Gasteiger partial charge >= 0.3 is 6.18 Å². The van der Waals surface area contributed by atoms with Crippen molar-refractivity contribution in [2.75, 3.05) is 0 Å². The fraction of sp³-hybridized carbons (Fsp3) is 0.333. The van der Waals surface area contributed by atoms with Gasteiger partial charge in [-0.2, -0.15) is 23.3 Å². The number of carbonyl (C=O) groups excluding carboxylic acids is 1. The predicted octanol–water partition coefficient (Wildman–Crippen LogP) is 2.08. The number of carbonyl (C=O) groups is 1. The second kappa shape index (κ2) is 6.78. The van der Waals surface area contributed by atoms with Gasteiger partial charge in [0.05, 0.1) is 0 Å². The smallest absolute Gasteiger partial charge is 0.339 e. The number of rotatable bonds is 4. The van der Waals surface area contributed by atoms with Crippen molar-refractivity contribution in [3.05, 3.63) is 41.3 Å². The lowest BCUT2D eigenvalue weighted by molar-refractivity contribution is -0.141. The molecule has 1 atom stereocenters. The Hall–Kier alpha value is -3.31. The Morgan fingerprint density at radius 2 is 2.04 bits per heavy atom. The molecule has 0 saturated heterocycles. The zero-order valence-electron chi connectivity index (χ0n) is 14.4. The maximum atomic E-state index is 12.7. The number of hydrogen-bond acceptors (Lipinski definition) is 7. The van der Waals surface area contributed by atoms with Gasteiger partial charge in [-0.3, -0.25) is 9.48 Å². The van der Waals surface area contributed by atoms with Crippen molar-refractivity contribution in [3.63, 3.8) is 0 Å². The quantitative estimate of drug-likeness (QED) is 0.736. The van der Waals surface area contributed by atoms with Gasteiger partial charge in [-0.1, -0.05) is 5.16 Å². The topological polar surface area (TPSA) is 112 Å². The van der Waals surface area contributed by atoms with E-state index in [1.807, 2.05) is 0 Å². The van der Waals surface area contributed by atoms with E-state index in [0.29, 0.717) is 11.8 Å². The van der Waals surface area contributed by atoms with Crippen LogP contribution in [0.5, 0.6) is 0 Å². The van der Waals surface area contributed by atoms with Crippen molar-refractivity contribution in [3.8, 4) is 11.6 Å².